The first-order valence-electron chi connectivity index (χ1n) is 14.8. The van der Waals surface area contributed by atoms with E-state index in [-0.39, 0.29) is 5.82 Å². The van der Waals surface area contributed by atoms with Gasteiger partial charge >= 0.3 is 0 Å². The van der Waals surface area contributed by atoms with Crippen LogP contribution in [0.4, 0.5) is 4.39 Å². The van der Waals surface area contributed by atoms with Crippen LogP contribution in [0.3, 0.4) is 0 Å². The van der Waals surface area contributed by atoms with E-state index in [1.807, 2.05) is 29.5 Å². The van der Waals surface area contributed by atoms with Gasteiger partial charge in [-0.1, -0.05) is 32.0 Å². The molecular weight excluding hydrogens is 535 g/mol. The molecule has 0 aliphatic carbocycles. The predicted molar refractivity (Wildman–Crippen MR) is 167 cm³/mol. The molecule has 0 spiro atoms. The maximum Gasteiger partial charge on any atom is 0.203 e. The zero-order valence-electron chi connectivity index (χ0n) is 25.5. The third kappa shape index (κ3) is 9.19. The lowest BCUT2D eigenvalue weighted by atomic mass is 9.84. The van der Waals surface area contributed by atoms with E-state index < -0.39 is 0 Å². The van der Waals surface area contributed by atoms with Crippen LogP contribution in [0, 0.1) is 11.2 Å². The molecule has 2 heterocycles. The summed E-state index contributed by atoms with van der Waals surface area (Å²) in [5.41, 5.74) is 2.66. The molecule has 0 unspecified atom stereocenters. The minimum atomic E-state index is -0.161. The van der Waals surface area contributed by atoms with Crippen LogP contribution in [0.25, 0.3) is 0 Å². The molecule has 1 aromatic heterocycles. The second-order valence-electron chi connectivity index (χ2n) is 11.9. The molecule has 2 aromatic carbocycles. The number of hydrogen-bond acceptors (Lipinski definition) is 6. The fourth-order valence-electron chi connectivity index (χ4n) is 5.56. The van der Waals surface area contributed by atoms with Crippen molar-refractivity contribution in [1.29, 1.82) is 0 Å². The molecule has 41 heavy (non-hydrogen) atoms. The maximum absolute atomic E-state index is 13.1. The summed E-state index contributed by atoms with van der Waals surface area (Å²) in [5.74, 6) is 1.96. The fraction of sp³-hybridized carbons (Fsp3) is 0.529. The van der Waals surface area contributed by atoms with Gasteiger partial charge in [-0.25, -0.2) is 4.39 Å². The van der Waals surface area contributed by atoms with Crippen molar-refractivity contribution in [3.63, 3.8) is 0 Å². The number of benzene rings is 2. The average molecular weight is 583 g/mol. The molecule has 1 aliphatic rings. The summed E-state index contributed by atoms with van der Waals surface area (Å²) in [5, 5.41) is 0. The average Bonchev–Trinajstić information content (AvgIpc) is 3.44. The predicted octanol–water partition coefficient (Wildman–Crippen LogP) is 7.26. The molecule has 0 bridgehead atoms. The van der Waals surface area contributed by atoms with Crippen LogP contribution in [0.1, 0.15) is 54.0 Å². The largest absolute Gasteiger partial charge is 0.493 e. The van der Waals surface area contributed by atoms with Crippen molar-refractivity contribution < 1.29 is 18.6 Å². The van der Waals surface area contributed by atoms with Gasteiger partial charge in [0.05, 0.1) is 21.3 Å². The van der Waals surface area contributed by atoms with E-state index in [1.165, 1.54) is 28.2 Å². The highest BCUT2D eigenvalue weighted by Gasteiger charge is 2.24. The molecule has 0 saturated carbocycles. The number of thiophene rings is 1. The molecule has 224 valence electrons. The number of hydrogen-bond donors (Lipinski definition) is 0. The van der Waals surface area contributed by atoms with E-state index in [0.717, 1.165) is 76.3 Å². The summed E-state index contributed by atoms with van der Waals surface area (Å²) in [6.45, 7) is 11.1. The Morgan fingerprint density at radius 1 is 0.732 bits per heavy atom. The van der Waals surface area contributed by atoms with Gasteiger partial charge in [0.2, 0.25) is 5.75 Å². The van der Waals surface area contributed by atoms with Gasteiger partial charge in [0, 0.05) is 48.0 Å². The number of rotatable bonds is 15. The zero-order valence-corrected chi connectivity index (χ0v) is 26.3. The van der Waals surface area contributed by atoms with Gasteiger partial charge in [0.25, 0.3) is 0 Å². The Bertz CT molecular complexity index is 1220. The number of halogens is 1. The molecule has 0 radical (unpaired) electrons. The Morgan fingerprint density at radius 3 is 2.05 bits per heavy atom. The van der Waals surface area contributed by atoms with Crippen molar-refractivity contribution in [2.45, 2.75) is 58.9 Å². The maximum atomic E-state index is 13.1. The molecule has 7 heteroatoms. The standard InChI is InChI=1S/C34H47FN2O3S/c1-34(2,18-17-30-15-14-29(41-30)8-6-7-26-9-12-28(35)13-10-26)19-20-36-21-23-37(24-22-36)25-27-11-16-31(38-3)33(40-5)32(27)39-4/h9-16H,6-8,17-25H2,1-5H3. The first-order chi connectivity index (χ1) is 19.8. The van der Waals surface area contributed by atoms with E-state index in [1.54, 1.807) is 33.5 Å². The highest BCUT2D eigenvalue weighted by Crippen LogP contribution is 2.40. The van der Waals surface area contributed by atoms with Crippen LogP contribution in [-0.4, -0.2) is 63.9 Å². The Balaban J connectivity index is 1.16. The van der Waals surface area contributed by atoms with Gasteiger partial charge in [-0.2, -0.15) is 0 Å². The van der Waals surface area contributed by atoms with Crippen LogP contribution in [0.2, 0.25) is 0 Å². The summed E-state index contributed by atoms with van der Waals surface area (Å²) >= 11 is 1.97. The third-order valence-corrected chi connectivity index (χ3v) is 9.52. The van der Waals surface area contributed by atoms with Crippen LogP contribution in [0.5, 0.6) is 17.2 Å². The van der Waals surface area contributed by atoms with Crippen molar-refractivity contribution in [2.75, 3.05) is 54.1 Å². The second-order valence-corrected chi connectivity index (χ2v) is 13.1. The molecule has 3 aromatic rings. The topological polar surface area (TPSA) is 34.2 Å². The van der Waals surface area contributed by atoms with Crippen LogP contribution in [0.15, 0.2) is 48.5 Å². The minimum absolute atomic E-state index is 0.161. The van der Waals surface area contributed by atoms with Crippen molar-refractivity contribution in [2.24, 2.45) is 5.41 Å². The van der Waals surface area contributed by atoms with Crippen molar-refractivity contribution in [3.05, 3.63) is 75.2 Å². The SMILES string of the molecule is COc1ccc(CN2CCN(CCC(C)(C)CCc3ccc(CCCc4ccc(F)cc4)s3)CC2)c(OC)c1OC. The van der Waals surface area contributed by atoms with Gasteiger partial charge in [-0.3, -0.25) is 4.90 Å². The highest BCUT2D eigenvalue weighted by molar-refractivity contribution is 7.11. The number of methoxy groups -OCH3 is 3. The van der Waals surface area contributed by atoms with Gasteiger partial charge < -0.3 is 19.1 Å². The lowest BCUT2D eigenvalue weighted by molar-refractivity contribution is 0.112. The number of piperazine rings is 1. The molecule has 5 nitrogen and oxygen atoms in total. The molecule has 0 N–H and O–H groups in total. The molecule has 0 amide bonds. The Morgan fingerprint density at radius 2 is 1.39 bits per heavy atom. The number of ether oxygens (including phenoxy) is 3. The molecule has 1 saturated heterocycles. The summed E-state index contributed by atoms with van der Waals surface area (Å²) in [7, 11) is 4.99. The Kier molecular flexibility index (Phi) is 11.5. The monoisotopic (exact) mass is 582 g/mol. The summed E-state index contributed by atoms with van der Waals surface area (Å²) < 4.78 is 29.8. The smallest absolute Gasteiger partial charge is 0.203 e. The normalized spacial score (nSPS) is 14.8. The van der Waals surface area contributed by atoms with Gasteiger partial charge in [0.1, 0.15) is 5.82 Å². The number of nitrogens with zero attached hydrogens (tertiary/aromatic N) is 2. The molecule has 1 fully saturated rings. The van der Waals surface area contributed by atoms with Crippen molar-refractivity contribution >= 4 is 11.3 Å². The van der Waals surface area contributed by atoms with Crippen LogP contribution >= 0.6 is 11.3 Å². The minimum Gasteiger partial charge on any atom is -0.493 e. The van der Waals surface area contributed by atoms with Crippen molar-refractivity contribution in [3.8, 4) is 17.2 Å². The molecular formula is C34H47FN2O3S. The van der Waals surface area contributed by atoms with E-state index in [2.05, 4.69) is 41.8 Å². The summed E-state index contributed by atoms with van der Waals surface area (Å²) in [6.07, 6.45) is 6.77. The molecule has 1 aliphatic heterocycles. The van der Waals surface area contributed by atoms with Gasteiger partial charge in [0.15, 0.2) is 11.5 Å². The lowest BCUT2D eigenvalue weighted by Gasteiger charge is -2.36. The summed E-state index contributed by atoms with van der Waals surface area (Å²) in [6, 6.07) is 15.6. The lowest BCUT2D eigenvalue weighted by Crippen LogP contribution is -2.46. The Hall–Kier alpha value is -2.61. The first kappa shape index (κ1) is 31.3. The summed E-state index contributed by atoms with van der Waals surface area (Å²) in [4.78, 5) is 8.08. The van der Waals surface area contributed by atoms with Crippen LogP contribution < -0.4 is 14.2 Å². The number of aryl methyl sites for hydroxylation is 3. The molecule has 0 atom stereocenters. The zero-order chi connectivity index (χ0) is 29.2. The van der Waals surface area contributed by atoms with E-state index in [9.17, 15) is 4.39 Å². The van der Waals surface area contributed by atoms with E-state index in [0.29, 0.717) is 16.9 Å². The van der Waals surface area contributed by atoms with E-state index >= 15 is 0 Å². The quantitative estimate of drug-likeness (QED) is 0.189. The van der Waals surface area contributed by atoms with Crippen molar-refractivity contribution in [1.82, 2.24) is 9.80 Å². The van der Waals surface area contributed by atoms with Crippen LogP contribution in [-0.2, 0) is 25.8 Å². The Labute approximate surface area is 250 Å². The third-order valence-electron chi connectivity index (χ3n) is 8.32. The van der Waals surface area contributed by atoms with E-state index in [4.69, 9.17) is 14.2 Å². The molecule has 4 rings (SSSR count). The highest BCUT2D eigenvalue weighted by atomic mass is 32.1. The second kappa shape index (κ2) is 15.0. The van der Waals surface area contributed by atoms with Gasteiger partial charge in [-0.05, 0) is 86.4 Å². The first-order valence-corrected chi connectivity index (χ1v) is 15.7. The fourth-order valence-corrected chi connectivity index (χ4v) is 6.62. The van der Waals surface area contributed by atoms with Gasteiger partial charge in [-0.15, -0.1) is 11.3 Å².